The molecular weight excluding hydrogens is 314 g/mol. The van der Waals surface area contributed by atoms with Gasteiger partial charge in [-0.25, -0.2) is 13.6 Å². The topological polar surface area (TPSA) is 49.4 Å². The van der Waals surface area contributed by atoms with E-state index < -0.39 is 29.1 Å². The Kier molecular flexibility index (Phi) is 3.16. The molecule has 4 rings (SSSR count). The van der Waals surface area contributed by atoms with Gasteiger partial charge in [-0.05, 0) is 30.0 Å². The largest absolute Gasteiger partial charge is 0.325 e. The Labute approximate surface area is 137 Å². The molecule has 2 aromatic carbocycles. The summed E-state index contributed by atoms with van der Waals surface area (Å²) in [6.07, 6.45) is 1.16. The first-order chi connectivity index (χ1) is 11.5. The van der Waals surface area contributed by atoms with E-state index in [0.717, 1.165) is 22.1 Å². The van der Waals surface area contributed by atoms with Crippen LogP contribution in [0.2, 0.25) is 0 Å². The molecule has 6 heteroatoms. The van der Waals surface area contributed by atoms with Crippen LogP contribution in [0.1, 0.15) is 23.1 Å². The van der Waals surface area contributed by atoms with Gasteiger partial charge < -0.3 is 5.32 Å². The van der Waals surface area contributed by atoms with Crippen molar-refractivity contribution >= 4 is 11.9 Å². The number of amides is 3. The van der Waals surface area contributed by atoms with Crippen molar-refractivity contribution in [1.82, 2.24) is 10.2 Å². The highest BCUT2D eigenvalue weighted by Gasteiger charge is 2.55. The van der Waals surface area contributed by atoms with Gasteiger partial charge in [-0.3, -0.25) is 9.69 Å². The van der Waals surface area contributed by atoms with Gasteiger partial charge in [0.2, 0.25) is 0 Å². The average molecular weight is 328 g/mol. The lowest BCUT2D eigenvalue weighted by molar-refractivity contribution is -0.132. The van der Waals surface area contributed by atoms with Gasteiger partial charge in [-0.2, -0.15) is 0 Å². The lowest BCUT2D eigenvalue weighted by Gasteiger charge is -2.22. The summed E-state index contributed by atoms with van der Waals surface area (Å²) in [5.41, 5.74) is 0.689. The molecule has 1 atom stereocenters. The van der Waals surface area contributed by atoms with Crippen molar-refractivity contribution in [3.05, 3.63) is 70.8 Å². The maximum atomic E-state index is 13.9. The summed E-state index contributed by atoms with van der Waals surface area (Å²) in [5, 5.41) is 2.76. The van der Waals surface area contributed by atoms with E-state index in [-0.39, 0.29) is 12.1 Å². The molecule has 122 valence electrons. The highest BCUT2D eigenvalue weighted by Crippen LogP contribution is 2.41. The van der Waals surface area contributed by atoms with Crippen LogP contribution in [-0.2, 0) is 23.3 Å². The molecule has 2 aromatic rings. The van der Waals surface area contributed by atoms with Crippen LogP contribution in [0, 0.1) is 11.6 Å². The highest BCUT2D eigenvalue weighted by molar-refractivity contribution is 6.08. The number of halogens is 2. The van der Waals surface area contributed by atoms with Crippen LogP contribution in [0.3, 0.4) is 0 Å². The van der Waals surface area contributed by atoms with Crippen molar-refractivity contribution in [2.75, 3.05) is 0 Å². The first-order valence-electron chi connectivity index (χ1n) is 7.68. The fraction of sp³-hybridized carbons (Fsp3) is 0.222. The van der Waals surface area contributed by atoms with Crippen LogP contribution in [0.5, 0.6) is 0 Å². The van der Waals surface area contributed by atoms with Crippen LogP contribution >= 0.6 is 0 Å². The number of benzene rings is 2. The fourth-order valence-electron chi connectivity index (χ4n) is 3.57. The summed E-state index contributed by atoms with van der Waals surface area (Å²) < 4.78 is 27.2. The number of carbonyl (C=O) groups is 2. The van der Waals surface area contributed by atoms with Crippen molar-refractivity contribution in [2.45, 2.75) is 24.9 Å². The molecule has 4 nitrogen and oxygen atoms in total. The molecule has 1 saturated heterocycles. The number of nitrogens with zero attached hydrogens (tertiary/aromatic N) is 1. The highest BCUT2D eigenvalue weighted by atomic mass is 19.2. The molecule has 0 radical (unpaired) electrons. The number of hydrogen-bond acceptors (Lipinski definition) is 2. The Bertz CT molecular complexity index is 868. The van der Waals surface area contributed by atoms with Gasteiger partial charge in [0.25, 0.3) is 5.91 Å². The quantitative estimate of drug-likeness (QED) is 0.862. The maximum absolute atomic E-state index is 13.9. The number of urea groups is 1. The molecule has 2 aliphatic rings. The van der Waals surface area contributed by atoms with Gasteiger partial charge >= 0.3 is 6.03 Å². The monoisotopic (exact) mass is 328 g/mol. The van der Waals surface area contributed by atoms with E-state index in [0.29, 0.717) is 12.8 Å². The number of imide groups is 1. The Balaban J connectivity index is 1.69. The number of fused-ring (bicyclic) bond motifs is 2. The molecule has 1 heterocycles. The third kappa shape index (κ3) is 1.95. The van der Waals surface area contributed by atoms with Crippen LogP contribution < -0.4 is 5.32 Å². The molecule has 0 bridgehead atoms. The first kappa shape index (κ1) is 14.8. The van der Waals surface area contributed by atoms with E-state index in [1.165, 1.54) is 12.1 Å². The predicted molar refractivity (Wildman–Crippen MR) is 81.9 cm³/mol. The predicted octanol–water partition coefficient (Wildman–Crippen LogP) is 2.86. The molecule has 1 N–H and O–H groups in total. The van der Waals surface area contributed by atoms with Gasteiger partial charge in [-0.15, -0.1) is 0 Å². The Hall–Kier alpha value is -2.76. The second-order valence-electron chi connectivity index (χ2n) is 6.10. The number of rotatable bonds is 2. The molecule has 0 aromatic heterocycles. The van der Waals surface area contributed by atoms with Crippen LogP contribution in [0.4, 0.5) is 13.6 Å². The van der Waals surface area contributed by atoms with E-state index in [1.807, 2.05) is 24.3 Å². The van der Waals surface area contributed by atoms with Crippen molar-refractivity contribution in [1.29, 1.82) is 0 Å². The Morgan fingerprint density at radius 2 is 1.88 bits per heavy atom. The summed E-state index contributed by atoms with van der Waals surface area (Å²) in [6.45, 7) is -0.293. The molecule has 1 spiro atoms. The van der Waals surface area contributed by atoms with Crippen LogP contribution in [-0.4, -0.2) is 16.8 Å². The average Bonchev–Trinajstić information content (AvgIpc) is 3.06. The standard InChI is InChI=1S/C18H14F2N2O2/c19-14-7-3-5-12(15(14)20)10-22-16(23)18(21-17(22)24)9-8-11-4-1-2-6-13(11)18/h1-7H,8-10H2,(H,21,24). The first-order valence-corrected chi connectivity index (χ1v) is 7.68. The van der Waals surface area contributed by atoms with Crippen molar-refractivity contribution in [3.8, 4) is 0 Å². The zero-order valence-corrected chi connectivity index (χ0v) is 12.7. The summed E-state index contributed by atoms with van der Waals surface area (Å²) in [6, 6.07) is 10.6. The molecule has 0 saturated carbocycles. The lowest BCUT2D eigenvalue weighted by Crippen LogP contribution is -2.41. The van der Waals surface area contributed by atoms with Crippen molar-refractivity contribution in [3.63, 3.8) is 0 Å². The second kappa shape index (κ2) is 5.12. The van der Waals surface area contributed by atoms with Gasteiger partial charge in [0, 0.05) is 5.56 Å². The van der Waals surface area contributed by atoms with Gasteiger partial charge in [0.15, 0.2) is 11.6 Å². The van der Waals surface area contributed by atoms with Crippen molar-refractivity contribution < 1.29 is 18.4 Å². The number of hydrogen-bond donors (Lipinski definition) is 1. The number of nitrogens with one attached hydrogen (secondary N) is 1. The minimum atomic E-state index is -1.09. The third-order valence-corrected chi connectivity index (χ3v) is 4.78. The van der Waals surface area contributed by atoms with Crippen molar-refractivity contribution in [2.24, 2.45) is 0 Å². The SMILES string of the molecule is O=C1NC2(CCc3ccccc32)C(=O)N1Cc1cccc(F)c1F. The number of aryl methyl sites for hydroxylation is 1. The summed E-state index contributed by atoms with van der Waals surface area (Å²) >= 11 is 0. The molecular formula is C18H14F2N2O2. The summed E-state index contributed by atoms with van der Waals surface area (Å²) in [4.78, 5) is 26.2. The van der Waals surface area contributed by atoms with Crippen LogP contribution in [0.25, 0.3) is 0 Å². The third-order valence-electron chi connectivity index (χ3n) is 4.78. The van der Waals surface area contributed by atoms with E-state index in [1.54, 1.807) is 0 Å². The Morgan fingerprint density at radius 3 is 2.71 bits per heavy atom. The normalized spacial score (nSPS) is 22.2. The fourth-order valence-corrected chi connectivity index (χ4v) is 3.57. The van der Waals surface area contributed by atoms with E-state index in [4.69, 9.17) is 0 Å². The molecule has 1 aliphatic carbocycles. The smallest absolute Gasteiger partial charge is 0.319 e. The Morgan fingerprint density at radius 1 is 1.08 bits per heavy atom. The summed E-state index contributed by atoms with van der Waals surface area (Å²) in [7, 11) is 0. The van der Waals surface area contributed by atoms with E-state index in [9.17, 15) is 18.4 Å². The van der Waals surface area contributed by atoms with Gasteiger partial charge in [0.1, 0.15) is 5.54 Å². The van der Waals surface area contributed by atoms with Crippen LogP contribution in [0.15, 0.2) is 42.5 Å². The molecule has 1 fully saturated rings. The lowest BCUT2D eigenvalue weighted by atomic mass is 9.92. The number of carbonyl (C=O) groups excluding carboxylic acids is 2. The zero-order valence-electron chi connectivity index (χ0n) is 12.7. The van der Waals surface area contributed by atoms with Gasteiger partial charge in [-0.1, -0.05) is 36.4 Å². The maximum Gasteiger partial charge on any atom is 0.325 e. The van der Waals surface area contributed by atoms with E-state index >= 15 is 0 Å². The second-order valence-corrected chi connectivity index (χ2v) is 6.10. The molecule has 24 heavy (non-hydrogen) atoms. The zero-order chi connectivity index (χ0) is 16.9. The minimum absolute atomic E-state index is 0.0261. The van der Waals surface area contributed by atoms with Gasteiger partial charge in [0.05, 0.1) is 6.54 Å². The summed E-state index contributed by atoms with van der Waals surface area (Å²) in [5.74, 6) is -2.45. The minimum Gasteiger partial charge on any atom is -0.319 e. The molecule has 3 amide bonds. The molecule has 1 unspecified atom stereocenters. The molecule has 1 aliphatic heterocycles. The van der Waals surface area contributed by atoms with E-state index in [2.05, 4.69) is 5.32 Å².